The number of hydrogen-bond acceptors (Lipinski definition) is 1. The third-order valence-corrected chi connectivity index (χ3v) is 1.01. The number of carbonyl (C=O) groups excluding carboxylic acids is 1. The molecule has 3 heteroatoms. The average Bonchev–Trinajstić information content (AvgIpc) is 1.67. The van der Waals surface area contributed by atoms with Crippen molar-refractivity contribution in [3.05, 3.63) is 12.7 Å². The lowest BCUT2D eigenvalue weighted by Crippen LogP contribution is -2.17. The largest absolute Gasteiger partial charge is 0.274 e. The van der Waals surface area contributed by atoms with Crippen molar-refractivity contribution in [3.8, 4) is 0 Å². The minimum Gasteiger partial charge on any atom is -0.274 e. The van der Waals surface area contributed by atoms with Crippen LogP contribution in [0.1, 0.15) is 6.92 Å². The Balaban J connectivity index is 3.46. The first-order chi connectivity index (χ1) is 3.68. The first-order valence-corrected chi connectivity index (χ1v) is 2.57. The molecule has 0 fully saturated rings. The second-order valence-corrected chi connectivity index (χ2v) is 1.76. The van der Waals surface area contributed by atoms with E-state index in [2.05, 4.69) is 6.58 Å². The first kappa shape index (κ1) is 7.50. The normalized spacial score (nSPS) is 8.25. The summed E-state index contributed by atoms with van der Waals surface area (Å²) >= 11 is 5.33. The van der Waals surface area contributed by atoms with Gasteiger partial charge in [0.05, 0.1) is 6.54 Å². The van der Waals surface area contributed by atoms with Crippen LogP contribution in [0.15, 0.2) is 12.7 Å². The van der Waals surface area contributed by atoms with E-state index in [-0.39, 0.29) is 5.91 Å². The molecule has 0 saturated heterocycles. The zero-order chi connectivity index (χ0) is 6.57. The van der Waals surface area contributed by atoms with Gasteiger partial charge in [0, 0.05) is 18.7 Å². The van der Waals surface area contributed by atoms with Crippen LogP contribution in [0.25, 0.3) is 0 Å². The van der Waals surface area contributed by atoms with E-state index in [1.54, 1.807) is 6.08 Å². The lowest BCUT2D eigenvalue weighted by atomic mass is 10.6. The Hall–Kier alpha value is -0.500. The maximum absolute atomic E-state index is 10.3. The number of hydrogen-bond donors (Lipinski definition) is 0. The molecular weight excluding hydrogens is 126 g/mol. The van der Waals surface area contributed by atoms with E-state index in [1.807, 2.05) is 0 Å². The van der Waals surface area contributed by atoms with Gasteiger partial charge in [-0.05, 0) is 0 Å². The Bertz CT molecular complexity index is 103. The van der Waals surface area contributed by atoms with Crippen LogP contribution in [0.5, 0.6) is 0 Å². The zero-order valence-electron chi connectivity index (χ0n) is 4.72. The van der Waals surface area contributed by atoms with E-state index >= 15 is 0 Å². The van der Waals surface area contributed by atoms with Crippen LogP contribution < -0.4 is 0 Å². The van der Waals surface area contributed by atoms with Gasteiger partial charge in [-0.1, -0.05) is 6.08 Å². The minimum atomic E-state index is -0.161. The maximum Gasteiger partial charge on any atom is 0.234 e. The average molecular weight is 134 g/mol. The molecule has 1 amide bonds. The monoisotopic (exact) mass is 133 g/mol. The van der Waals surface area contributed by atoms with Crippen molar-refractivity contribution >= 4 is 17.7 Å². The molecule has 0 N–H and O–H groups in total. The summed E-state index contributed by atoms with van der Waals surface area (Å²) in [4.78, 5) is 10.3. The summed E-state index contributed by atoms with van der Waals surface area (Å²) in [7, 11) is 0. The highest BCUT2D eigenvalue weighted by Gasteiger charge is 1.98. The predicted octanol–water partition coefficient (Wildman–Crippen LogP) is 1.17. The molecule has 0 heterocycles. The summed E-state index contributed by atoms with van der Waals surface area (Å²) in [5, 5.41) is 0. The van der Waals surface area contributed by atoms with Gasteiger partial charge >= 0.3 is 0 Å². The van der Waals surface area contributed by atoms with Crippen LogP contribution in [0.4, 0.5) is 0 Å². The van der Waals surface area contributed by atoms with E-state index in [1.165, 1.54) is 6.92 Å². The second-order valence-electron chi connectivity index (χ2n) is 1.35. The van der Waals surface area contributed by atoms with E-state index in [0.717, 1.165) is 4.42 Å². The lowest BCUT2D eigenvalue weighted by Gasteiger charge is -2.05. The van der Waals surface area contributed by atoms with Gasteiger partial charge in [-0.15, -0.1) is 6.58 Å². The molecule has 0 aromatic carbocycles. The summed E-state index contributed by atoms with van der Waals surface area (Å²) in [6.07, 6.45) is 1.56. The molecule has 46 valence electrons. The summed E-state index contributed by atoms with van der Waals surface area (Å²) in [6, 6.07) is 0. The molecule has 0 radical (unpaired) electrons. The molecule has 0 aliphatic heterocycles. The number of amides is 1. The fourth-order valence-corrected chi connectivity index (χ4v) is 0.339. The molecule has 0 atom stereocenters. The standard InChI is InChI=1S/C5H8ClNO/c1-3-4-7(6)5(2)8/h3H,1,4H2,2H3. The zero-order valence-corrected chi connectivity index (χ0v) is 5.48. The highest BCUT2D eigenvalue weighted by atomic mass is 35.5. The van der Waals surface area contributed by atoms with E-state index < -0.39 is 0 Å². The minimum absolute atomic E-state index is 0.161. The molecule has 0 unspecified atom stereocenters. The van der Waals surface area contributed by atoms with E-state index in [0.29, 0.717) is 6.54 Å². The number of nitrogens with zero attached hydrogens (tertiary/aromatic N) is 1. The van der Waals surface area contributed by atoms with E-state index in [9.17, 15) is 4.79 Å². The Morgan fingerprint density at radius 2 is 2.50 bits per heavy atom. The van der Waals surface area contributed by atoms with Crippen LogP contribution in [0.3, 0.4) is 0 Å². The molecule has 0 aromatic heterocycles. The van der Waals surface area contributed by atoms with Gasteiger partial charge in [-0.2, -0.15) is 0 Å². The SMILES string of the molecule is C=CCN(Cl)C(C)=O. The summed E-state index contributed by atoms with van der Waals surface area (Å²) in [5.74, 6) is -0.161. The molecule has 0 saturated carbocycles. The van der Waals surface area contributed by atoms with Gasteiger partial charge in [0.15, 0.2) is 0 Å². The van der Waals surface area contributed by atoms with Crippen molar-refractivity contribution in [3.63, 3.8) is 0 Å². The first-order valence-electron chi connectivity index (χ1n) is 2.23. The van der Waals surface area contributed by atoms with E-state index in [4.69, 9.17) is 11.8 Å². The Labute approximate surface area is 53.8 Å². The third-order valence-electron chi connectivity index (χ3n) is 0.631. The molecule has 0 spiro atoms. The summed E-state index contributed by atoms with van der Waals surface area (Å²) in [6.45, 7) is 5.20. The number of carbonyl (C=O) groups is 1. The molecule has 0 aliphatic carbocycles. The van der Waals surface area contributed by atoms with Crippen LogP contribution >= 0.6 is 11.8 Å². The molecule has 8 heavy (non-hydrogen) atoms. The number of rotatable bonds is 2. The lowest BCUT2D eigenvalue weighted by molar-refractivity contribution is -0.123. The van der Waals surface area contributed by atoms with Crippen LogP contribution in [0.2, 0.25) is 0 Å². The van der Waals surface area contributed by atoms with Gasteiger partial charge in [0.2, 0.25) is 5.91 Å². The fraction of sp³-hybridized carbons (Fsp3) is 0.400. The highest BCUT2D eigenvalue weighted by Crippen LogP contribution is 1.92. The Morgan fingerprint density at radius 1 is 2.00 bits per heavy atom. The van der Waals surface area contributed by atoms with Gasteiger partial charge in [0.1, 0.15) is 0 Å². The Morgan fingerprint density at radius 3 is 2.62 bits per heavy atom. The van der Waals surface area contributed by atoms with Crippen molar-refractivity contribution in [2.24, 2.45) is 0 Å². The number of halogens is 1. The predicted molar refractivity (Wildman–Crippen MR) is 33.4 cm³/mol. The topological polar surface area (TPSA) is 20.3 Å². The van der Waals surface area contributed by atoms with Crippen molar-refractivity contribution in [2.75, 3.05) is 6.54 Å². The maximum atomic E-state index is 10.3. The molecule has 2 nitrogen and oxygen atoms in total. The Kier molecular flexibility index (Phi) is 3.28. The van der Waals surface area contributed by atoms with Crippen molar-refractivity contribution in [1.82, 2.24) is 4.42 Å². The fourth-order valence-electron chi connectivity index (χ4n) is 0.242. The molecule has 0 aliphatic rings. The van der Waals surface area contributed by atoms with Gasteiger partial charge < -0.3 is 0 Å². The second kappa shape index (κ2) is 3.50. The van der Waals surface area contributed by atoms with Gasteiger partial charge in [0.25, 0.3) is 0 Å². The van der Waals surface area contributed by atoms with Crippen LogP contribution in [-0.2, 0) is 4.79 Å². The van der Waals surface area contributed by atoms with Crippen LogP contribution in [0, 0.1) is 0 Å². The highest BCUT2D eigenvalue weighted by molar-refractivity contribution is 6.20. The summed E-state index contributed by atoms with van der Waals surface area (Å²) < 4.78 is 1.06. The van der Waals surface area contributed by atoms with Gasteiger partial charge in [-0.25, -0.2) is 0 Å². The molecule has 0 bridgehead atoms. The van der Waals surface area contributed by atoms with Crippen LogP contribution in [-0.4, -0.2) is 16.9 Å². The van der Waals surface area contributed by atoms with Crippen molar-refractivity contribution in [1.29, 1.82) is 0 Å². The van der Waals surface area contributed by atoms with Crippen molar-refractivity contribution < 1.29 is 4.79 Å². The molecule has 0 aromatic rings. The van der Waals surface area contributed by atoms with Crippen molar-refractivity contribution in [2.45, 2.75) is 6.92 Å². The third kappa shape index (κ3) is 2.64. The van der Waals surface area contributed by atoms with Gasteiger partial charge in [-0.3, -0.25) is 9.21 Å². The molecule has 0 rings (SSSR count). The smallest absolute Gasteiger partial charge is 0.234 e. The summed E-state index contributed by atoms with van der Waals surface area (Å²) in [5.41, 5.74) is 0. The quantitative estimate of drug-likeness (QED) is 0.409. The molecular formula is C5H8ClNO.